The van der Waals surface area contributed by atoms with E-state index in [0.29, 0.717) is 23.0 Å². The molecule has 1 amide bonds. The Morgan fingerprint density at radius 2 is 2.21 bits per heavy atom. The molecule has 2 aromatic heterocycles. The predicted molar refractivity (Wildman–Crippen MR) is 76.8 cm³/mol. The molecule has 2 heterocycles. The van der Waals surface area contributed by atoms with E-state index in [0.717, 1.165) is 5.65 Å². The minimum Gasteiger partial charge on any atom is -0.362 e. The van der Waals surface area contributed by atoms with Gasteiger partial charge in [0.05, 0.1) is 5.69 Å². The minimum absolute atomic E-state index is 0.281. The lowest BCUT2D eigenvalue weighted by molar-refractivity contribution is 0.0937. The van der Waals surface area contributed by atoms with Crippen LogP contribution < -0.4 is 16.2 Å². The van der Waals surface area contributed by atoms with Crippen molar-refractivity contribution in [2.75, 3.05) is 6.54 Å². The maximum atomic E-state index is 12.1. The summed E-state index contributed by atoms with van der Waals surface area (Å²) < 4.78 is 1.74. The Labute approximate surface area is 116 Å². The van der Waals surface area contributed by atoms with Gasteiger partial charge in [-0.15, -0.1) is 0 Å². The number of hydrogen-bond acceptors (Lipinski definition) is 3. The van der Waals surface area contributed by atoms with E-state index in [1.165, 1.54) is 0 Å². The lowest BCUT2D eigenvalue weighted by atomic mass is 10.3. The molecule has 0 radical (unpaired) electrons. The number of nitrogens with zero attached hydrogens (tertiary/aromatic N) is 2. The first kappa shape index (κ1) is 13.3. The maximum absolute atomic E-state index is 12.1. The highest BCUT2D eigenvalue weighted by Gasteiger charge is 2.15. The molecule has 0 aliphatic rings. The third-order valence-electron chi connectivity index (χ3n) is 2.55. The van der Waals surface area contributed by atoms with Crippen LogP contribution in [0.15, 0.2) is 24.4 Å². The molecule has 0 bridgehead atoms. The number of hydrogen-bond donors (Lipinski definition) is 3. The topological polar surface area (TPSA) is 70.5 Å². The molecule has 0 atom stereocenters. The van der Waals surface area contributed by atoms with Crippen LogP contribution in [-0.2, 0) is 0 Å². The van der Waals surface area contributed by atoms with Gasteiger partial charge in [-0.3, -0.25) is 20.0 Å². The van der Waals surface area contributed by atoms with Crippen LogP contribution in [0.2, 0.25) is 0 Å². The number of nitrogens with one attached hydrogen (secondary N) is 3. The average Bonchev–Trinajstić information content (AvgIpc) is 2.72. The highest BCUT2D eigenvalue weighted by Crippen LogP contribution is 2.10. The van der Waals surface area contributed by atoms with Gasteiger partial charge in [-0.05, 0) is 38.2 Å². The van der Waals surface area contributed by atoms with Gasteiger partial charge in [-0.1, -0.05) is 6.07 Å². The number of amides is 1. The Bertz CT molecular complexity index is 622. The van der Waals surface area contributed by atoms with Gasteiger partial charge < -0.3 is 5.32 Å². The number of imidazole rings is 1. The SMILES string of the molecule is CCNC(=S)NNC(=O)c1c(C)nc2ccccn12. The number of aromatic nitrogens is 2. The number of thiocarbonyl (C=S) groups is 1. The molecule has 2 aromatic rings. The van der Waals surface area contributed by atoms with Crippen molar-refractivity contribution in [2.45, 2.75) is 13.8 Å². The molecule has 0 spiro atoms. The second-order valence-corrected chi connectivity index (χ2v) is 4.32. The van der Waals surface area contributed by atoms with Gasteiger partial charge in [0, 0.05) is 12.7 Å². The first-order chi connectivity index (χ1) is 9.13. The van der Waals surface area contributed by atoms with Crippen molar-refractivity contribution in [2.24, 2.45) is 0 Å². The van der Waals surface area contributed by atoms with Gasteiger partial charge in [0.25, 0.3) is 5.91 Å². The summed E-state index contributed by atoms with van der Waals surface area (Å²) in [5.41, 5.74) is 7.08. The highest BCUT2D eigenvalue weighted by molar-refractivity contribution is 7.80. The Morgan fingerprint density at radius 3 is 2.95 bits per heavy atom. The van der Waals surface area contributed by atoms with Crippen LogP contribution in [0.4, 0.5) is 0 Å². The normalized spacial score (nSPS) is 10.2. The van der Waals surface area contributed by atoms with E-state index in [9.17, 15) is 4.79 Å². The fourth-order valence-electron chi connectivity index (χ4n) is 1.76. The first-order valence-corrected chi connectivity index (χ1v) is 6.32. The Hall–Kier alpha value is -2.15. The van der Waals surface area contributed by atoms with E-state index in [1.54, 1.807) is 17.5 Å². The van der Waals surface area contributed by atoms with Crippen molar-refractivity contribution >= 4 is 28.9 Å². The number of aryl methyl sites for hydroxylation is 1. The van der Waals surface area contributed by atoms with E-state index in [1.807, 2.05) is 25.1 Å². The van der Waals surface area contributed by atoms with E-state index in [4.69, 9.17) is 12.2 Å². The molecule has 0 aromatic carbocycles. The number of rotatable bonds is 2. The van der Waals surface area contributed by atoms with E-state index < -0.39 is 0 Å². The maximum Gasteiger partial charge on any atom is 0.288 e. The number of pyridine rings is 1. The Morgan fingerprint density at radius 1 is 1.42 bits per heavy atom. The monoisotopic (exact) mass is 277 g/mol. The van der Waals surface area contributed by atoms with Crippen LogP contribution >= 0.6 is 12.2 Å². The number of hydrazine groups is 1. The average molecular weight is 277 g/mol. The largest absolute Gasteiger partial charge is 0.362 e. The van der Waals surface area contributed by atoms with Gasteiger partial charge in [-0.25, -0.2) is 4.98 Å². The number of carbonyl (C=O) groups is 1. The van der Waals surface area contributed by atoms with Crippen molar-refractivity contribution in [1.29, 1.82) is 0 Å². The highest BCUT2D eigenvalue weighted by atomic mass is 32.1. The molecule has 3 N–H and O–H groups in total. The molecule has 0 saturated carbocycles. The van der Waals surface area contributed by atoms with Crippen molar-refractivity contribution in [3.8, 4) is 0 Å². The second-order valence-electron chi connectivity index (χ2n) is 3.91. The van der Waals surface area contributed by atoms with Crippen molar-refractivity contribution in [3.05, 3.63) is 35.8 Å². The van der Waals surface area contributed by atoms with Crippen LogP contribution in [0, 0.1) is 6.92 Å². The van der Waals surface area contributed by atoms with Crippen molar-refractivity contribution in [1.82, 2.24) is 25.6 Å². The summed E-state index contributed by atoms with van der Waals surface area (Å²) in [6.45, 7) is 4.41. The van der Waals surface area contributed by atoms with Gasteiger partial charge in [-0.2, -0.15) is 0 Å². The standard InChI is InChI=1S/C12H15N5OS/c1-3-13-12(19)16-15-11(18)10-8(2)14-9-6-4-5-7-17(9)10/h4-7H,3H2,1-2H3,(H,15,18)(H2,13,16,19). The van der Waals surface area contributed by atoms with E-state index >= 15 is 0 Å². The molecular weight excluding hydrogens is 262 g/mol. The summed E-state index contributed by atoms with van der Waals surface area (Å²) in [4.78, 5) is 16.5. The molecule has 0 saturated heterocycles. The van der Waals surface area contributed by atoms with Gasteiger partial charge in [0.2, 0.25) is 0 Å². The molecule has 0 fully saturated rings. The quantitative estimate of drug-likeness (QED) is 0.559. The fourth-order valence-corrected chi connectivity index (χ4v) is 1.96. The van der Waals surface area contributed by atoms with Gasteiger partial charge in [0.15, 0.2) is 5.11 Å². The zero-order chi connectivity index (χ0) is 13.8. The first-order valence-electron chi connectivity index (χ1n) is 5.91. The zero-order valence-electron chi connectivity index (χ0n) is 10.7. The van der Waals surface area contributed by atoms with E-state index in [2.05, 4.69) is 21.2 Å². The summed E-state index contributed by atoms with van der Waals surface area (Å²) >= 11 is 4.97. The molecule has 0 unspecified atom stereocenters. The fraction of sp³-hybridized carbons (Fsp3) is 0.250. The van der Waals surface area contributed by atoms with Crippen molar-refractivity contribution in [3.63, 3.8) is 0 Å². The van der Waals surface area contributed by atoms with Crippen LogP contribution in [0.5, 0.6) is 0 Å². The summed E-state index contributed by atoms with van der Waals surface area (Å²) in [7, 11) is 0. The zero-order valence-corrected chi connectivity index (χ0v) is 11.5. The van der Waals surface area contributed by atoms with Crippen LogP contribution in [-0.4, -0.2) is 26.9 Å². The lowest BCUT2D eigenvalue weighted by Gasteiger charge is -2.10. The van der Waals surface area contributed by atoms with Gasteiger partial charge >= 0.3 is 0 Å². The third-order valence-corrected chi connectivity index (χ3v) is 2.79. The molecule has 6 nitrogen and oxygen atoms in total. The molecule has 0 aliphatic carbocycles. The van der Waals surface area contributed by atoms with Crippen LogP contribution in [0.25, 0.3) is 5.65 Å². The molecule has 2 rings (SSSR count). The molecule has 19 heavy (non-hydrogen) atoms. The summed E-state index contributed by atoms with van der Waals surface area (Å²) in [5, 5.41) is 3.26. The lowest BCUT2D eigenvalue weighted by Crippen LogP contribution is -2.47. The van der Waals surface area contributed by atoms with Crippen molar-refractivity contribution < 1.29 is 4.79 Å². The minimum atomic E-state index is -0.281. The van der Waals surface area contributed by atoms with Crippen LogP contribution in [0.1, 0.15) is 23.1 Å². The summed E-state index contributed by atoms with van der Waals surface area (Å²) in [6, 6.07) is 5.57. The third kappa shape index (κ3) is 2.82. The predicted octanol–water partition coefficient (Wildman–Crippen LogP) is 0.772. The number of carbonyl (C=O) groups excluding carboxylic acids is 1. The molecule has 100 valence electrons. The Balaban J connectivity index is 2.17. The molecule has 7 heteroatoms. The Kier molecular flexibility index (Phi) is 3.96. The van der Waals surface area contributed by atoms with E-state index in [-0.39, 0.29) is 5.91 Å². The van der Waals surface area contributed by atoms with Gasteiger partial charge in [0.1, 0.15) is 11.3 Å². The second kappa shape index (κ2) is 5.66. The summed E-state index contributed by atoms with van der Waals surface area (Å²) in [6.07, 6.45) is 1.80. The van der Waals surface area contributed by atoms with Crippen LogP contribution in [0.3, 0.4) is 0 Å². The number of fused-ring (bicyclic) bond motifs is 1. The summed E-state index contributed by atoms with van der Waals surface area (Å²) in [5.74, 6) is -0.281. The molecule has 0 aliphatic heterocycles. The molecular formula is C12H15N5OS. The smallest absolute Gasteiger partial charge is 0.288 e.